The summed E-state index contributed by atoms with van der Waals surface area (Å²) in [6.45, 7) is 0. The molecule has 10 aromatic rings. The molecule has 3 heteroatoms. The van der Waals surface area contributed by atoms with Gasteiger partial charge in [-0.3, -0.25) is 0 Å². The number of furan rings is 1. The van der Waals surface area contributed by atoms with E-state index in [1.54, 1.807) is 0 Å². The summed E-state index contributed by atoms with van der Waals surface area (Å²) in [7, 11) is 0. The molecule has 0 aliphatic heterocycles. The highest BCUT2D eigenvalue weighted by atomic mass is 16.3. The highest BCUT2D eigenvalue weighted by Crippen LogP contribution is 2.40. The first-order valence-corrected chi connectivity index (χ1v) is 15.4. The molecule has 0 aliphatic rings. The monoisotopic (exact) mass is 574 g/mol. The number of aromatic nitrogens is 2. The summed E-state index contributed by atoms with van der Waals surface area (Å²) >= 11 is 0. The van der Waals surface area contributed by atoms with E-state index in [2.05, 4.69) is 155 Å². The molecule has 0 unspecified atom stereocenters. The number of rotatable bonds is 3. The average Bonchev–Trinajstić information content (AvgIpc) is 3.76. The SMILES string of the molecule is c1cc(-c2cccc3c4ccccc4n(-c4ccc5oc6ccccc6c5c4)c23)cc(-n2c3ccccc3c3ccccc32)c1. The van der Waals surface area contributed by atoms with Crippen molar-refractivity contribution in [3.63, 3.8) is 0 Å². The molecule has 0 saturated heterocycles. The smallest absolute Gasteiger partial charge is 0.135 e. The Morgan fingerprint density at radius 3 is 1.67 bits per heavy atom. The highest BCUT2D eigenvalue weighted by molar-refractivity contribution is 6.15. The van der Waals surface area contributed by atoms with Crippen molar-refractivity contribution < 1.29 is 4.42 Å². The maximum atomic E-state index is 6.19. The first-order chi connectivity index (χ1) is 22.3. The number of hydrogen-bond donors (Lipinski definition) is 0. The summed E-state index contributed by atoms with van der Waals surface area (Å²) in [4.78, 5) is 0. The predicted molar refractivity (Wildman–Crippen MR) is 188 cm³/mol. The average molecular weight is 575 g/mol. The number of nitrogens with zero attached hydrogens (tertiary/aromatic N) is 2. The number of benzene rings is 7. The quantitative estimate of drug-likeness (QED) is 0.206. The Bertz CT molecular complexity index is 2720. The summed E-state index contributed by atoms with van der Waals surface area (Å²) in [5.74, 6) is 0. The van der Waals surface area contributed by atoms with Crippen molar-refractivity contribution in [3.8, 4) is 22.5 Å². The van der Waals surface area contributed by atoms with E-state index in [9.17, 15) is 0 Å². The van der Waals surface area contributed by atoms with Gasteiger partial charge in [-0.2, -0.15) is 0 Å². The second-order valence-corrected chi connectivity index (χ2v) is 11.8. The maximum Gasteiger partial charge on any atom is 0.135 e. The number of hydrogen-bond acceptors (Lipinski definition) is 1. The molecule has 0 fully saturated rings. The predicted octanol–water partition coefficient (Wildman–Crippen LogP) is 11.4. The molecule has 7 aromatic carbocycles. The fourth-order valence-electron chi connectivity index (χ4n) is 7.39. The van der Waals surface area contributed by atoms with E-state index in [-0.39, 0.29) is 0 Å². The minimum Gasteiger partial charge on any atom is -0.456 e. The second-order valence-electron chi connectivity index (χ2n) is 11.8. The van der Waals surface area contributed by atoms with Gasteiger partial charge in [0.2, 0.25) is 0 Å². The van der Waals surface area contributed by atoms with Crippen molar-refractivity contribution in [1.29, 1.82) is 0 Å². The zero-order valence-electron chi connectivity index (χ0n) is 24.3. The Hall–Kier alpha value is -6.06. The van der Waals surface area contributed by atoms with E-state index in [1.165, 1.54) is 54.7 Å². The van der Waals surface area contributed by atoms with Crippen LogP contribution in [-0.4, -0.2) is 9.13 Å². The van der Waals surface area contributed by atoms with E-state index >= 15 is 0 Å². The van der Waals surface area contributed by atoms with Crippen molar-refractivity contribution in [1.82, 2.24) is 9.13 Å². The van der Waals surface area contributed by atoms with Crippen LogP contribution < -0.4 is 0 Å². The van der Waals surface area contributed by atoms with Gasteiger partial charge in [0.25, 0.3) is 0 Å². The van der Waals surface area contributed by atoms with Gasteiger partial charge in [0.15, 0.2) is 0 Å². The first-order valence-electron chi connectivity index (χ1n) is 15.4. The Morgan fingerprint density at radius 1 is 0.356 bits per heavy atom. The molecule has 10 rings (SSSR count). The standard InChI is InChI=1S/C42H26N2O/c1-5-19-37-31(13-1)32-14-2-6-20-38(32)43(37)28-12-9-11-27(25-28)30-17-10-18-35-33-15-3-7-21-39(33)44(42(30)35)29-23-24-41-36(26-29)34-16-4-8-22-40(34)45-41/h1-26H. The molecule has 0 radical (unpaired) electrons. The van der Waals surface area contributed by atoms with Crippen LogP contribution in [0.4, 0.5) is 0 Å². The summed E-state index contributed by atoms with van der Waals surface area (Å²) in [6.07, 6.45) is 0. The lowest BCUT2D eigenvalue weighted by molar-refractivity contribution is 0.669. The van der Waals surface area contributed by atoms with Crippen LogP contribution in [0.3, 0.4) is 0 Å². The largest absolute Gasteiger partial charge is 0.456 e. The van der Waals surface area contributed by atoms with Crippen LogP contribution in [-0.2, 0) is 0 Å². The lowest BCUT2D eigenvalue weighted by Crippen LogP contribution is -1.97. The normalized spacial score (nSPS) is 12.0. The van der Waals surface area contributed by atoms with E-state index in [0.717, 1.165) is 33.3 Å². The molecule has 45 heavy (non-hydrogen) atoms. The van der Waals surface area contributed by atoms with Gasteiger partial charge in [-0.25, -0.2) is 0 Å². The van der Waals surface area contributed by atoms with Gasteiger partial charge in [-0.15, -0.1) is 0 Å². The lowest BCUT2D eigenvalue weighted by atomic mass is 10.0. The summed E-state index contributed by atoms with van der Waals surface area (Å²) in [6, 6.07) is 56.6. The fourth-order valence-corrected chi connectivity index (χ4v) is 7.39. The van der Waals surface area contributed by atoms with Crippen LogP contribution in [0, 0.1) is 0 Å². The topological polar surface area (TPSA) is 23.0 Å². The molecule has 0 saturated carbocycles. The molecule has 3 nitrogen and oxygen atoms in total. The molecule has 0 N–H and O–H groups in total. The molecule has 0 spiro atoms. The van der Waals surface area contributed by atoms with Crippen molar-refractivity contribution >= 4 is 65.6 Å². The van der Waals surface area contributed by atoms with Gasteiger partial charge in [0, 0.05) is 49.3 Å². The van der Waals surface area contributed by atoms with Crippen LogP contribution in [0.2, 0.25) is 0 Å². The third-order valence-corrected chi connectivity index (χ3v) is 9.31. The van der Waals surface area contributed by atoms with Crippen molar-refractivity contribution in [2.24, 2.45) is 0 Å². The third kappa shape index (κ3) is 3.46. The molecule has 0 bridgehead atoms. The van der Waals surface area contributed by atoms with E-state index in [0.29, 0.717) is 0 Å². The van der Waals surface area contributed by atoms with E-state index in [4.69, 9.17) is 4.42 Å². The van der Waals surface area contributed by atoms with Crippen LogP contribution in [0.5, 0.6) is 0 Å². The van der Waals surface area contributed by atoms with Crippen molar-refractivity contribution in [3.05, 3.63) is 158 Å². The third-order valence-electron chi connectivity index (χ3n) is 9.31. The Labute approximate surface area is 258 Å². The molecular weight excluding hydrogens is 548 g/mol. The molecule has 3 aromatic heterocycles. The Kier molecular flexibility index (Phi) is 5.00. The van der Waals surface area contributed by atoms with Gasteiger partial charge in [0.05, 0.1) is 22.1 Å². The van der Waals surface area contributed by atoms with Crippen LogP contribution in [0.1, 0.15) is 0 Å². The molecule has 3 heterocycles. The van der Waals surface area contributed by atoms with Gasteiger partial charge in [-0.1, -0.05) is 103 Å². The zero-order valence-corrected chi connectivity index (χ0v) is 24.3. The highest BCUT2D eigenvalue weighted by Gasteiger charge is 2.18. The van der Waals surface area contributed by atoms with Crippen LogP contribution in [0.15, 0.2) is 162 Å². The maximum absolute atomic E-state index is 6.19. The second kappa shape index (κ2) is 9.22. The summed E-state index contributed by atoms with van der Waals surface area (Å²) in [5.41, 5.74) is 11.3. The van der Waals surface area contributed by atoms with Crippen molar-refractivity contribution in [2.75, 3.05) is 0 Å². The summed E-state index contributed by atoms with van der Waals surface area (Å²) < 4.78 is 11.0. The fraction of sp³-hybridized carbons (Fsp3) is 0. The zero-order chi connectivity index (χ0) is 29.5. The van der Waals surface area contributed by atoms with E-state index < -0.39 is 0 Å². The Balaban J connectivity index is 1.26. The van der Waals surface area contributed by atoms with Crippen LogP contribution in [0.25, 0.3) is 88.1 Å². The first kappa shape index (κ1) is 24.4. The molecular formula is C42H26N2O. The Morgan fingerprint density at radius 2 is 0.911 bits per heavy atom. The molecule has 0 aliphatic carbocycles. The van der Waals surface area contributed by atoms with Crippen LogP contribution >= 0.6 is 0 Å². The summed E-state index contributed by atoms with van der Waals surface area (Å²) in [5, 5.41) is 7.27. The molecule has 210 valence electrons. The van der Waals surface area contributed by atoms with Crippen molar-refractivity contribution in [2.45, 2.75) is 0 Å². The number of para-hydroxylation sites is 5. The van der Waals surface area contributed by atoms with Gasteiger partial charge in [-0.05, 0) is 60.2 Å². The minimum absolute atomic E-state index is 0.903. The molecule has 0 amide bonds. The number of fused-ring (bicyclic) bond motifs is 9. The van der Waals surface area contributed by atoms with Gasteiger partial charge < -0.3 is 13.6 Å². The molecule has 0 atom stereocenters. The van der Waals surface area contributed by atoms with Gasteiger partial charge in [0.1, 0.15) is 11.2 Å². The minimum atomic E-state index is 0.903. The van der Waals surface area contributed by atoms with E-state index in [1.807, 2.05) is 12.1 Å². The lowest BCUT2D eigenvalue weighted by Gasteiger charge is -2.14. The van der Waals surface area contributed by atoms with Gasteiger partial charge >= 0.3 is 0 Å².